The molecule has 0 saturated heterocycles. The summed E-state index contributed by atoms with van der Waals surface area (Å²) in [5.74, 6) is -0.990. The van der Waals surface area contributed by atoms with E-state index in [4.69, 9.17) is 4.74 Å². The van der Waals surface area contributed by atoms with Crippen LogP contribution in [0, 0.1) is 18.6 Å². The Morgan fingerprint density at radius 1 is 1.31 bits per heavy atom. The lowest BCUT2D eigenvalue weighted by Gasteiger charge is -2.07. The number of aryl methyl sites for hydroxylation is 2. The minimum atomic E-state index is -0.498. The largest absolute Gasteiger partial charge is 0.491 e. The fraction of sp³-hybridized carbons (Fsp3) is 0.333. The van der Waals surface area contributed by atoms with Crippen LogP contribution < -0.4 is 4.74 Å². The summed E-state index contributed by atoms with van der Waals surface area (Å²) >= 11 is 0. The summed E-state index contributed by atoms with van der Waals surface area (Å²) in [6, 6.07) is 2.72. The van der Waals surface area contributed by atoms with E-state index in [1.165, 1.54) is 0 Å². The SMILES string of the molecule is CCOc1cc(F)c2c(cc(C)n2C)c1F. The zero-order chi connectivity index (χ0) is 11.9. The summed E-state index contributed by atoms with van der Waals surface area (Å²) in [6.45, 7) is 3.85. The van der Waals surface area contributed by atoms with Gasteiger partial charge in [-0.3, -0.25) is 0 Å². The van der Waals surface area contributed by atoms with Crippen LogP contribution >= 0.6 is 0 Å². The zero-order valence-corrected chi connectivity index (χ0v) is 9.47. The Kier molecular flexibility index (Phi) is 2.58. The predicted molar refractivity (Wildman–Crippen MR) is 58.7 cm³/mol. The first-order valence-corrected chi connectivity index (χ1v) is 5.13. The molecule has 1 aromatic carbocycles. The molecular weight excluding hydrogens is 212 g/mol. The van der Waals surface area contributed by atoms with Crippen LogP contribution in [0.3, 0.4) is 0 Å². The maximum Gasteiger partial charge on any atom is 0.174 e. The normalized spacial score (nSPS) is 11.1. The average Bonchev–Trinajstić information content (AvgIpc) is 2.53. The fourth-order valence-corrected chi connectivity index (χ4v) is 1.83. The van der Waals surface area contributed by atoms with Crippen molar-refractivity contribution in [2.75, 3.05) is 6.61 Å². The third-order valence-electron chi connectivity index (χ3n) is 2.71. The molecule has 2 rings (SSSR count). The molecule has 2 aromatic rings. The average molecular weight is 225 g/mol. The highest BCUT2D eigenvalue weighted by Crippen LogP contribution is 2.30. The summed E-state index contributed by atoms with van der Waals surface area (Å²) in [7, 11) is 1.71. The Hall–Kier alpha value is -1.58. The molecule has 86 valence electrons. The van der Waals surface area contributed by atoms with Crippen molar-refractivity contribution in [3.63, 3.8) is 0 Å². The molecule has 0 aliphatic heterocycles. The molecule has 16 heavy (non-hydrogen) atoms. The smallest absolute Gasteiger partial charge is 0.174 e. The van der Waals surface area contributed by atoms with Crippen molar-refractivity contribution in [2.24, 2.45) is 7.05 Å². The minimum absolute atomic E-state index is 0.0295. The third-order valence-corrected chi connectivity index (χ3v) is 2.71. The number of hydrogen-bond acceptors (Lipinski definition) is 1. The number of hydrogen-bond donors (Lipinski definition) is 0. The van der Waals surface area contributed by atoms with Gasteiger partial charge in [-0.25, -0.2) is 8.78 Å². The first-order chi connectivity index (χ1) is 7.56. The molecular formula is C12H13F2NO. The van der Waals surface area contributed by atoms with E-state index in [2.05, 4.69) is 0 Å². The standard InChI is InChI=1S/C12H13F2NO/c1-4-16-10-6-9(13)12-8(11(10)14)5-7(2)15(12)3/h5-6H,4H2,1-3H3. The molecule has 0 unspecified atom stereocenters. The van der Waals surface area contributed by atoms with Crippen molar-refractivity contribution in [2.45, 2.75) is 13.8 Å². The highest BCUT2D eigenvalue weighted by Gasteiger charge is 2.16. The molecule has 2 nitrogen and oxygen atoms in total. The lowest BCUT2D eigenvalue weighted by Crippen LogP contribution is -1.98. The molecule has 0 spiro atoms. The molecule has 1 heterocycles. The van der Waals surface area contributed by atoms with Crippen molar-refractivity contribution in [3.8, 4) is 5.75 Å². The van der Waals surface area contributed by atoms with Crippen molar-refractivity contribution >= 4 is 10.9 Å². The number of fused-ring (bicyclic) bond motifs is 1. The van der Waals surface area contributed by atoms with Crippen LogP contribution in [0.4, 0.5) is 8.78 Å². The zero-order valence-electron chi connectivity index (χ0n) is 9.47. The molecule has 0 aliphatic carbocycles. The highest BCUT2D eigenvalue weighted by atomic mass is 19.1. The van der Waals surface area contributed by atoms with E-state index in [1.54, 1.807) is 31.5 Å². The molecule has 0 amide bonds. The van der Waals surface area contributed by atoms with Crippen molar-refractivity contribution in [1.29, 1.82) is 0 Å². The van der Waals surface area contributed by atoms with Crippen LogP contribution in [-0.4, -0.2) is 11.2 Å². The van der Waals surface area contributed by atoms with Crippen LogP contribution in [0.2, 0.25) is 0 Å². The van der Waals surface area contributed by atoms with Gasteiger partial charge >= 0.3 is 0 Å². The molecule has 0 saturated carbocycles. The van der Waals surface area contributed by atoms with Crippen LogP contribution in [0.1, 0.15) is 12.6 Å². The van der Waals surface area contributed by atoms with Crippen molar-refractivity contribution in [3.05, 3.63) is 29.5 Å². The second kappa shape index (κ2) is 3.77. The maximum absolute atomic E-state index is 13.9. The maximum atomic E-state index is 13.9. The molecule has 0 N–H and O–H groups in total. The second-order valence-corrected chi connectivity index (χ2v) is 3.71. The first-order valence-electron chi connectivity index (χ1n) is 5.13. The summed E-state index contributed by atoms with van der Waals surface area (Å²) in [4.78, 5) is 0. The number of nitrogens with zero attached hydrogens (tertiary/aromatic N) is 1. The van der Waals surface area contributed by atoms with Gasteiger partial charge in [0.05, 0.1) is 12.1 Å². The van der Waals surface area contributed by atoms with E-state index in [9.17, 15) is 8.78 Å². The van der Waals surface area contributed by atoms with Gasteiger partial charge in [-0.15, -0.1) is 0 Å². The molecule has 0 radical (unpaired) electrons. The lowest BCUT2D eigenvalue weighted by molar-refractivity contribution is 0.321. The quantitative estimate of drug-likeness (QED) is 0.765. The summed E-state index contributed by atoms with van der Waals surface area (Å²) in [5, 5.41) is 0.267. The topological polar surface area (TPSA) is 14.2 Å². The van der Waals surface area contributed by atoms with Crippen molar-refractivity contribution in [1.82, 2.24) is 4.57 Å². The summed E-state index contributed by atoms with van der Waals surface area (Å²) < 4.78 is 34.4. The van der Waals surface area contributed by atoms with Gasteiger partial charge in [0.2, 0.25) is 0 Å². The molecule has 0 fully saturated rings. The summed E-state index contributed by atoms with van der Waals surface area (Å²) in [5.41, 5.74) is 1.08. The highest BCUT2D eigenvalue weighted by molar-refractivity contribution is 5.84. The van der Waals surface area contributed by atoms with E-state index in [0.29, 0.717) is 6.61 Å². The van der Waals surface area contributed by atoms with Crippen LogP contribution in [0.15, 0.2) is 12.1 Å². The van der Waals surface area contributed by atoms with E-state index in [-0.39, 0.29) is 16.7 Å². The van der Waals surface area contributed by atoms with Gasteiger partial charge in [0.15, 0.2) is 17.4 Å². The number of rotatable bonds is 2. The van der Waals surface area contributed by atoms with Gasteiger partial charge in [0, 0.05) is 24.2 Å². The van der Waals surface area contributed by atoms with Gasteiger partial charge in [-0.05, 0) is 19.9 Å². The summed E-state index contributed by atoms with van der Waals surface area (Å²) in [6.07, 6.45) is 0. The molecule has 0 atom stereocenters. The lowest BCUT2D eigenvalue weighted by atomic mass is 10.2. The second-order valence-electron chi connectivity index (χ2n) is 3.71. The Morgan fingerprint density at radius 2 is 2.00 bits per heavy atom. The third kappa shape index (κ3) is 1.45. The fourth-order valence-electron chi connectivity index (χ4n) is 1.83. The monoisotopic (exact) mass is 225 g/mol. The van der Waals surface area contributed by atoms with Gasteiger partial charge in [-0.2, -0.15) is 0 Å². The van der Waals surface area contributed by atoms with E-state index in [0.717, 1.165) is 11.8 Å². The number of aromatic nitrogens is 1. The van der Waals surface area contributed by atoms with Gasteiger partial charge < -0.3 is 9.30 Å². The Morgan fingerprint density at radius 3 is 2.62 bits per heavy atom. The van der Waals surface area contributed by atoms with E-state index >= 15 is 0 Å². The number of benzene rings is 1. The molecule has 4 heteroatoms. The van der Waals surface area contributed by atoms with E-state index in [1.807, 2.05) is 0 Å². The Labute approximate surface area is 92.4 Å². The minimum Gasteiger partial charge on any atom is -0.491 e. The number of ether oxygens (including phenoxy) is 1. The van der Waals surface area contributed by atoms with E-state index < -0.39 is 11.6 Å². The van der Waals surface area contributed by atoms with Gasteiger partial charge in [-0.1, -0.05) is 0 Å². The first kappa shape index (κ1) is 10.9. The Bertz CT molecular complexity index is 546. The Balaban J connectivity index is 2.79. The van der Waals surface area contributed by atoms with Crippen LogP contribution in [0.25, 0.3) is 10.9 Å². The van der Waals surface area contributed by atoms with Gasteiger partial charge in [0.25, 0.3) is 0 Å². The van der Waals surface area contributed by atoms with Gasteiger partial charge in [0.1, 0.15) is 0 Å². The predicted octanol–water partition coefficient (Wildman–Crippen LogP) is 3.16. The number of halogens is 2. The van der Waals surface area contributed by atoms with Crippen molar-refractivity contribution < 1.29 is 13.5 Å². The molecule has 1 aromatic heterocycles. The molecule has 0 bridgehead atoms. The molecule has 0 aliphatic rings. The van der Waals surface area contributed by atoms with Crippen LogP contribution in [-0.2, 0) is 7.05 Å². The van der Waals surface area contributed by atoms with Crippen LogP contribution in [0.5, 0.6) is 5.75 Å².